The molecule has 1 heterocycles. The van der Waals surface area contributed by atoms with Crippen molar-refractivity contribution in [3.8, 4) is 16.6 Å². The van der Waals surface area contributed by atoms with Gasteiger partial charge in [0, 0.05) is 10.9 Å². The van der Waals surface area contributed by atoms with Crippen LogP contribution in [0.5, 0.6) is 0 Å². The number of nitrogens with zero attached hydrogens (tertiary/aromatic N) is 2. The molecule has 0 aliphatic carbocycles. The zero-order valence-electron chi connectivity index (χ0n) is 8.88. The van der Waals surface area contributed by atoms with Gasteiger partial charge in [0.25, 0.3) is 5.91 Å². The molecule has 1 aromatic heterocycles. The number of nitriles is 1. The zero-order valence-corrected chi connectivity index (χ0v) is 9.70. The van der Waals surface area contributed by atoms with Gasteiger partial charge in [-0.15, -0.1) is 11.3 Å². The maximum atomic E-state index is 11.5. The average molecular weight is 243 g/mol. The zero-order chi connectivity index (χ0) is 12.1. The fraction of sp³-hybridized carbons (Fsp3) is 0.0833. The van der Waals surface area contributed by atoms with Crippen molar-refractivity contribution in [2.45, 2.75) is 0 Å². The van der Waals surface area contributed by atoms with E-state index in [0.717, 1.165) is 10.6 Å². The number of hydrogen-bond acceptors (Lipinski definition) is 4. The second-order valence-electron chi connectivity index (χ2n) is 3.24. The van der Waals surface area contributed by atoms with Crippen molar-refractivity contribution >= 4 is 17.2 Å². The molecule has 17 heavy (non-hydrogen) atoms. The second-order valence-corrected chi connectivity index (χ2v) is 4.10. The molecule has 0 aliphatic rings. The Balaban J connectivity index is 2.17. The van der Waals surface area contributed by atoms with Crippen LogP contribution in [0.25, 0.3) is 10.6 Å². The van der Waals surface area contributed by atoms with Gasteiger partial charge in [-0.25, -0.2) is 4.98 Å². The molecule has 1 N–H and O–H groups in total. The fourth-order valence-corrected chi connectivity index (χ4v) is 2.11. The third-order valence-electron chi connectivity index (χ3n) is 2.09. The fourth-order valence-electron chi connectivity index (χ4n) is 1.30. The Morgan fingerprint density at radius 2 is 2.18 bits per heavy atom. The minimum atomic E-state index is -0.315. The van der Waals surface area contributed by atoms with Crippen molar-refractivity contribution in [1.29, 1.82) is 5.26 Å². The Morgan fingerprint density at radius 3 is 2.88 bits per heavy atom. The monoisotopic (exact) mass is 243 g/mol. The lowest BCUT2D eigenvalue weighted by molar-refractivity contribution is 0.0954. The van der Waals surface area contributed by atoms with Gasteiger partial charge in [0.15, 0.2) is 0 Å². The number of carbonyl (C=O) groups is 1. The molecule has 0 radical (unpaired) electrons. The van der Waals surface area contributed by atoms with E-state index in [1.165, 1.54) is 11.3 Å². The Morgan fingerprint density at radius 1 is 1.41 bits per heavy atom. The summed E-state index contributed by atoms with van der Waals surface area (Å²) in [5, 5.41) is 13.3. The maximum absolute atomic E-state index is 11.5. The largest absolute Gasteiger partial charge is 0.338 e. The van der Waals surface area contributed by atoms with Gasteiger partial charge in [0.2, 0.25) is 0 Å². The van der Waals surface area contributed by atoms with Crippen LogP contribution in [0.1, 0.15) is 10.5 Å². The molecule has 1 aromatic carbocycles. The summed E-state index contributed by atoms with van der Waals surface area (Å²) in [5.41, 5.74) is 1.33. The van der Waals surface area contributed by atoms with Gasteiger partial charge in [-0.1, -0.05) is 30.3 Å². The third kappa shape index (κ3) is 2.68. The summed E-state index contributed by atoms with van der Waals surface area (Å²) < 4.78 is 0. The summed E-state index contributed by atoms with van der Waals surface area (Å²) in [4.78, 5) is 15.8. The van der Waals surface area contributed by atoms with Crippen LogP contribution in [0.15, 0.2) is 35.7 Å². The van der Waals surface area contributed by atoms with E-state index >= 15 is 0 Å². The molecule has 84 valence electrons. The van der Waals surface area contributed by atoms with E-state index in [-0.39, 0.29) is 12.5 Å². The first-order valence-electron chi connectivity index (χ1n) is 4.97. The number of thiazole rings is 1. The lowest BCUT2D eigenvalue weighted by Gasteiger charge is -1.96. The quantitative estimate of drug-likeness (QED) is 0.839. The molecule has 0 bridgehead atoms. The Labute approximate surface area is 103 Å². The summed E-state index contributed by atoms with van der Waals surface area (Å²) in [5.74, 6) is -0.315. The van der Waals surface area contributed by atoms with E-state index < -0.39 is 0 Å². The predicted molar refractivity (Wildman–Crippen MR) is 65.5 cm³/mol. The summed E-state index contributed by atoms with van der Waals surface area (Å²) in [6, 6.07) is 11.5. The van der Waals surface area contributed by atoms with Crippen LogP contribution in [0.2, 0.25) is 0 Å². The standard InChI is InChI=1S/C12H9N3OS/c13-6-7-14-11(16)10-8-17-12(15-10)9-4-2-1-3-5-9/h1-5,8H,7H2,(H,14,16). The molecule has 5 heteroatoms. The number of nitrogens with one attached hydrogen (secondary N) is 1. The molecular formula is C12H9N3OS. The van der Waals surface area contributed by atoms with Crippen molar-refractivity contribution < 1.29 is 4.79 Å². The highest BCUT2D eigenvalue weighted by Crippen LogP contribution is 2.22. The Kier molecular flexibility index (Phi) is 3.48. The summed E-state index contributed by atoms with van der Waals surface area (Å²) in [6.45, 7) is -0.00295. The predicted octanol–water partition coefficient (Wildman–Crippen LogP) is 2.06. The van der Waals surface area contributed by atoms with E-state index in [4.69, 9.17) is 5.26 Å². The molecule has 0 fully saturated rings. The van der Waals surface area contributed by atoms with Crippen molar-refractivity contribution in [2.24, 2.45) is 0 Å². The van der Waals surface area contributed by atoms with Gasteiger partial charge in [-0.2, -0.15) is 5.26 Å². The van der Waals surface area contributed by atoms with Gasteiger partial charge < -0.3 is 5.32 Å². The topological polar surface area (TPSA) is 65.8 Å². The van der Waals surface area contributed by atoms with Gasteiger partial charge in [0.05, 0.1) is 6.07 Å². The summed E-state index contributed by atoms with van der Waals surface area (Å²) in [6.07, 6.45) is 0. The molecule has 4 nitrogen and oxygen atoms in total. The minimum Gasteiger partial charge on any atom is -0.338 e. The lowest BCUT2D eigenvalue weighted by Crippen LogP contribution is -2.23. The molecule has 0 unspecified atom stereocenters. The van der Waals surface area contributed by atoms with Crippen molar-refractivity contribution in [3.63, 3.8) is 0 Å². The normalized spacial score (nSPS) is 9.59. The van der Waals surface area contributed by atoms with Gasteiger partial charge in [0.1, 0.15) is 17.2 Å². The number of rotatable bonds is 3. The van der Waals surface area contributed by atoms with E-state index in [0.29, 0.717) is 5.69 Å². The molecule has 0 atom stereocenters. The van der Waals surface area contributed by atoms with Gasteiger partial charge >= 0.3 is 0 Å². The average Bonchev–Trinajstić information content (AvgIpc) is 2.86. The molecule has 2 rings (SSSR count). The number of amides is 1. The molecule has 0 aliphatic heterocycles. The van der Waals surface area contributed by atoms with Gasteiger partial charge in [-0.3, -0.25) is 4.79 Å². The third-order valence-corrected chi connectivity index (χ3v) is 2.98. The minimum absolute atomic E-state index is 0.00295. The first kappa shape index (κ1) is 11.3. The highest BCUT2D eigenvalue weighted by Gasteiger charge is 2.10. The van der Waals surface area contributed by atoms with Crippen molar-refractivity contribution in [3.05, 3.63) is 41.4 Å². The Hall–Kier alpha value is -2.19. The van der Waals surface area contributed by atoms with Crippen LogP contribution >= 0.6 is 11.3 Å². The molecule has 2 aromatic rings. The highest BCUT2D eigenvalue weighted by molar-refractivity contribution is 7.13. The SMILES string of the molecule is N#CCNC(=O)c1csc(-c2ccccc2)n1. The van der Waals surface area contributed by atoms with E-state index in [1.807, 2.05) is 36.4 Å². The number of carbonyl (C=O) groups excluding carboxylic acids is 1. The number of benzene rings is 1. The molecule has 0 spiro atoms. The number of aromatic nitrogens is 1. The second kappa shape index (κ2) is 5.23. The van der Waals surface area contributed by atoms with Crippen LogP contribution in [-0.4, -0.2) is 17.4 Å². The van der Waals surface area contributed by atoms with Crippen LogP contribution < -0.4 is 5.32 Å². The van der Waals surface area contributed by atoms with E-state index in [9.17, 15) is 4.79 Å². The lowest BCUT2D eigenvalue weighted by atomic mass is 10.2. The Bertz CT molecular complexity index is 557. The molecular weight excluding hydrogens is 234 g/mol. The van der Waals surface area contributed by atoms with Gasteiger partial charge in [-0.05, 0) is 0 Å². The van der Waals surface area contributed by atoms with Crippen LogP contribution in [-0.2, 0) is 0 Å². The molecule has 1 amide bonds. The first-order chi connectivity index (χ1) is 8.31. The van der Waals surface area contributed by atoms with Crippen molar-refractivity contribution in [2.75, 3.05) is 6.54 Å². The highest BCUT2D eigenvalue weighted by atomic mass is 32.1. The van der Waals surface area contributed by atoms with Crippen molar-refractivity contribution in [1.82, 2.24) is 10.3 Å². The van der Waals surface area contributed by atoms with Crippen LogP contribution in [0.4, 0.5) is 0 Å². The van der Waals surface area contributed by atoms with Crippen LogP contribution in [0.3, 0.4) is 0 Å². The summed E-state index contributed by atoms with van der Waals surface area (Å²) >= 11 is 1.41. The number of hydrogen-bond donors (Lipinski definition) is 1. The van der Waals surface area contributed by atoms with Crippen LogP contribution in [0, 0.1) is 11.3 Å². The van der Waals surface area contributed by atoms with E-state index in [2.05, 4.69) is 10.3 Å². The summed E-state index contributed by atoms with van der Waals surface area (Å²) in [7, 11) is 0. The maximum Gasteiger partial charge on any atom is 0.271 e. The first-order valence-corrected chi connectivity index (χ1v) is 5.85. The van der Waals surface area contributed by atoms with E-state index in [1.54, 1.807) is 5.38 Å². The smallest absolute Gasteiger partial charge is 0.271 e. The molecule has 0 saturated carbocycles. The molecule has 0 saturated heterocycles.